The molecule has 19 heavy (non-hydrogen) atoms. The van der Waals surface area contributed by atoms with Crippen molar-refractivity contribution < 1.29 is 4.79 Å². The van der Waals surface area contributed by atoms with Gasteiger partial charge in [0.15, 0.2) is 0 Å². The maximum Gasteiger partial charge on any atom is 0.251 e. The number of nitrogens with one attached hydrogen (secondary N) is 2. The van der Waals surface area contributed by atoms with Crippen molar-refractivity contribution in [1.29, 1.82) is 0 Å². The van der Waals surface area contributed by atoms with E-state index in [4.69, 9.17) is 5.84 Å². The van der Waals surface area contributed by atoms with Crippen LogP contribution in [0.4, 0.5) is 5.82 Å². The lowest BCUT2D eigenvalue weighted by Crippen LogP contribution is -2.37. The van der Waals surface area contributed by atoms with Gasteiger partial charge in [0.1, 0.15) is 5.82 Å². The number of carbonyl (C=O) groups is 1. The molecule has 0 bridgehead atoms. The van der Waals surface area contributed by atoms with Gasteiger partial charge in [0.25, 0.3) is 5.91 Å². The van der Waals surface area contributed by atoms with Gasteiger partial charge in [-0.2, -0.15) is 0 Å². The summed E-state index contributed by atoms with van der Waals surface area (Å²) in [5.74, 6) is 6.58. The van der Waals surface area contributed by atoms with Gasteiger partial charge in [-0.05, 0) is 43.7 Å². The monoisotopic (exact) mass is 262 g/mol. The number of carbonyl (C=O) groups excluding carboxylic acids is 1. The topological polar surface area (TPSA) is 80.0 Å². The van der Waals surface area contributed by atoms with Crippen molar-refractivity contribution in [3.05, 3.63) is 23.9 Å². The third-order valence-corrected chi connectivity index (χ3v) is 3.93. The van der Waals surface area contributed by atoms with E-state index in [2.05, 4.69) is 22.7 Å². The van der Waals surface area contributed by atoms with E-state index in [0.29, 0.717) is 17.4 Å². The van der Waals surface area contributed by atoms with Crippen LogP contribution in [0.2, 0.25) is 0 Å². The number of hydrogen-bond donors (Lipinski definition) is 3. The molecule has 0 unspecified atom stereocenters. The van der Waals surface area contributed by atoms with E-state index in [1.165, 1.54) is 19.3 Å². The SMILES string of the molecule is CCC1CCC(NC(=O)c2ccnc(NN)c2)CC1. The number of hydrazine groups is 1. The van der Waals surface area contributed by atoms with Gasteiger partial charge in [0.05, 0.1) is 0 Å². The first kappa shape index (κ1) is 13.8. The van der Waals surface area contributed by atoms with E-state index in [-0.39, 0.29) is 5.91 Å². The average molecular weight is 262 g/mol. The minimum Gasteiger partial charge on any atom is -0.349 e. The van der Waals surface area contributed by atoms with E-state index in [1.807, 2.05) is 0 Å². The molecule has 0 aliphatic heterocycles. The summed E-state index contributed by atoms with van der Waals surface area (Å²) in [6, 6.07) is 3.67. The Morgan fingerprint density at radius 1 is 1.42 bits per heavy atom. The molecule has 1 aliphatic carbocycles. The summed E-state index contributed by atoms with van der Waals surface area (Å²) in [5.41, 5.74) is 3.05. The molecule has 5 nitrogen and oxygen atoms in total. The predicted molar refractivity (Wildman–Crippen MR) is 75.6 cm³/mol. The molecule has 1 saturated carbocycles. The maximum atomic E-state index is 12.1. The minimum absolute atomic E-state index is 0.0427. The van der Waals surface area contributed by atoms with E-state index >= 15 is 0 Å². The number of amides is 1. The van der Waals surface area contributed by atoms with Crippen molar-refractivity contribution in [3.63, 3.8) is 0 Å². The fraction of sp³-hybridized carbons (Fsp3) is 0.571. The molecular formula is C14H22N4O. The average Bonchev–Trinajstić information content (AvgIpc) is 2.48. The first-order chi connectivity index (χ1) is 9.22. The van der Waals surface area contributed by atoms with Crippen molar-refractivity contribution in [2.45, 2.75) is 45.1 Å². The summed E-state index contributed by atoms with van der Waals surface area (Å²) in [5, 5.41) is 3.10. The Kier molecular flexibility index (Phi) is 4.74. The molecule has 5 heteroatoms. The molecule has 1 fully saturated rings. The summed E-state index contributed by atoms with van der Waals surface area (Å²) >= 11 is 0. The highest BCUT2D eigenvalue weighted by atomic mass is 16.1. The molecule has 1 amide bonds. The first-order valence-electron chi connectivity index (χ1n) is 6.96. The second kappa shape index (κ2) is 6.52. The molecule has 0 aromatic carbocycles. The Labute approximate surface area is 114 Å². The lowest BCUT2D eigenvalue weighted by atomic mass is 9.84. The number of hydrogen-bond acceptors (Lipinski definition) is 4. The third-order valence-electron chi connectivity index (χ3n) is 3.93. The Balaban J connectivity index is 1.90. The molecule has 104 valence electrons. The van der Waals surface area contributed by atoms with Crippen LogP contribution in [-0.4, -0.2) is 16.9 Å². The quantitative estimate of drug-likeness (QED) is 0.573. The van der Waals surface area contributed by atoms with Crippen LogP contribution in [0.25, 0.3) is 0 Å². The molecule has 1 aromatic heterocycles. The number of aromatic nitrogens is 1. The number of nitrogens with two attached hydrogens (primary N) is 1. The fourth-order valence-electron chi connectivity index (χ4n) is 2.63. The predicted octanol–water partition coefficient (Wildman–Crippen LogP) is 2.07. The number of nitrogens with zero attached hydrogens (tertiary/aromatic N) is 1. The van der Waals surface area contributed by atoms with E-state index in [9.17, 15) is 4.79 Å². The molecule has 1 heterocycles. The van der Waals surface area contributed by atoms with Crippen molar-refractivity contribution in [1.82, 2.24) is 10.3 Å². The summed E-state index contributed by atoms with van der Waals surface area (Å²) in [6.45, 7) is 2.24. The molecule has 1 aromatic rings. The van der Waals surface area contributed by atoms with Crippen molar-refractivity contribution in [2.24, 2.45) is 11.8 Å². The van der Waals surface area contributed by atoms with E-state index < -0.39 is 0 Å². The fourth-order valence-corrected chi connectivity index (χ4v) is 2.63. The molecule has 0 atom stereocenters. The van der Waals surface area contributed by atoms with Crippen molar-refractivity contribution >= 4 is 11.7 Å². The second-order valence-electron chi connectivity index (χ2n) is 5.17. The normalized spacial score (nSPS) is 22.8. The first-order valence-corrected chi connectivity index (χ1v) is 6.96. The Hall–Kier alpha value is -1.62. The molecular weight excluding hydrogens is 240 g/mol. The van der Waals surface area contributed by atoms with Gasteiger partial charge in [-0.3, -0.25) is 4.79 Å². The zero-order chi connectivity index (χ0) is 13.7. The number of pyridine rings is 1. The van der Waals surface area contributed by atoms with Gasteiger partial charge in [0.2, 0.25) is 0 Å². The number of anilines is 1. The molecule has 0 saturated heterocycles. The smallest absolute Gasteiger partial charge is 0.251 e. The highest BCUT2D eigenvalue weighted by Gasteiger charge is 2.21. The zero-order valence-electron chi connectivity index (χ0n) is 11.4. The summed E-state index contributed by atoms with van der Waals surface area (Å²) in [7, 11) is 0. The van der Waals surface area contributed by atoms with Crippen LogP contribution >= 0.6 is 0 Å². The Morgan fingerprint density at radius 2 is 2.16 bits per heavy atom. The highest BCUT2D eigenvalue weighted by Crippen LogP contribution is 2.26. The third kappa shape index (κ3) is 3.67. The van der Waals surface area contributed by atoms with Gasteiger partial charge >= 0.3 is 0 Å². The molecule has 1 aliphatic rings. The molecule has 4 N–H and O–H groups in total. The van der Waals surface area contributed by atoms with Gasteiger partial charge in [0, 0.05) is 17.8 Å². The standard InChI is InChI=1S/C14H22N4O/c1-2-10-3-5-12(6-4-10)17-14(19)11-7-8-16-13(9-11)18-15/h7-10,12H,2-6,15H2,1H3,(H,16,18)(H,17,19). The Morgan fingerprint density at radius 3 is 2.79 bits per heavy atom. The van der Waals surface area contributed by atoms with Crippen LogP contribution < -0.4 is 16.6 Å². The van der Waals surface area contributed by atoms with Gasteiger partial charge in [-0.25, -0.2) is 10.8 Å². The van der Waals surface area contributed by atoms with Gasteiger partial charge < -0.3 is 10.7 Å². The highest BCUT2D eigenvalue weighted by molar-refractivity contribution is 5.94. The minimum atomic E-state index is -0.0427. The maximum absolute atomic E-state index is 12.1. The lowest BCUT2D eigenvalue weighted by molar-refractivity contribution is 0.0921. The summed E-state index contributed by atoms with van der Waals surface area (Å²) < 4.78 is 0. The number of nitrogen functional groups attached to an aromatic ring is 1. The van der Waals surface area contributed by atoms with Crippen molar-refractivity contribution in [2.75, 3.05) is 5.43 Å². The van der Waals surface area contributed by atoms with E-state index in [0.717, 1.165) is 18.8 Å². The van der Waals surface area contributed by atoms with E-state index in [1.54, 1.807) is 18.3 Å². The largest absolute Gasteiger partial charge is 0.349 e. The number of rotatable bonds is 4. The van der Waals surface area contributed by atoms with Gasteiger partial charge in [-0.15, -0.1) is 0 Å². The van der Waals surface area contributed by atoms with Crippen LogP contribution in [-0.2, 0) is 0 Å². The second-order valence-corrected chi connectivity index (χ2v) is 5.17. The summed E-state index contributed by atoms with van der Waals surface area (Å²) in [4.78, 5) is 16.1. The van der Waals surface area contributed by atoms with Crippen LogP contribution in [0.1, 0.15) is 49.4 Å². The Bertz CT molecular complexity index is 427. The van der Waals surface area contributed by atoms with Crippen molar-refractivity contribution in [3.8, 4) is 0 Å². The van der Waals surface area contributed by atoms with Crippen LogP contribution in [0, 0.1) is 5.92 Å². The molecule has 0 radical (unpaired) electrons. The van der Waals surface area contributed by atoms with Crippen LogP contribution in [0.3, 0.4) is 0 Å². The lowest BCUT2D eigenvalue weighted by Gasteiger charge is -2.28. The van der Waals surface area contributed by atoms with Gasteiger partial charge in [-0.1, -0.05) is 13.3 Å². The molecule has 2 rings (SSSR count). The summed E-state index contributed by atoms with van der Waals surface area (Å²) in [6.07, 6.45) is 7.42. The van der Waals surface area contributed by atoms with Crippen LogP contribution in [0.5, 0.6) is 0 Å². The van der Waals surface area contributed by atoms with Crippen LogP contribution in [0.15, 0.2) is 18.3 Å². The zero-order valence-corrected chi connectivity index (χ0v) is 11.4. The molecule has 0 spiro atoms.